The maximum Gasteiger partial charge on any atom is 0.224 e. The number of carbonyl (C=O) groups excluding carboxylic acids is 1. The van der Waals surface area contributed by atoms with E-state index in [2.05, 4.69) is 27.5 Å². The van der Waals surface area contributed by atoms with E-state index in [0.717, 1.165) is 18.8 Å². The third-order valence-corrected chi connectivity index (χ3v) is 3.20. The fourth-order valence-corrected chi connectivity index (χ4v) is 2.06. The highest BCUT2D eigenvalue weighted by Gasteiger charge is 2.15. The molecule has 0 atom stereocenters. The first-order valence-electron chi connectivity index (χ1n) is 7.45. The summed E-state index contributed by atoms with van der Waals surface area (Å²) < 4.78 is 5.23. The van der Waals surface area contributed by atoms with Crippen LogP contribution >= 0.6 is 0 Å². The van der Waals surface area contributed by atoms with Gasteiger partial charge >= 0.3 is 0 Å². The van der Waals surface area contributed by atoms with Crippen molar-refractivity contribution < 1.29 is 9.53 Å². The number of morpholine rings is 1. The van der Waals surface area contributed by atoms with Crippen LogP contribution in [-0.2, 0) is 9.53 Å². The highest BCUT2D eigenvalue weighted by molar-refractivity contribution is 5.76. The molecule has 7 nitrogen and oxygen atoms in total. The van der Waals surface area contributed by atoms with Crippen molar-refractivity contribution in [2.75, 3.05) is 50.0 Å². The van der Waals surface area contributed by atoms with E-state index < -0.39 is 0 Å². The van der Waals surface area contributed by atoms with Crippen molar-refractivity contribution in [3.63, 3.8) is 0 Å². The summed E-state index contributed by atoms with van der Waals surface area (Å²) in [6.07, 6.45) is 4.84. The first-order valence-corrected chi connectivity index (χ1v) is 7.45. The van der Waals surface area contributed by atoms with Crippen LogP contribution in [0.15, 0.2) is 12.4 Å². The second-order valence-electron chi connectivity index (χ2n) is 4.89. The Labute approximate surface area is 125 Å². The van der Waals surface area contributed by atoms with E-state index in [-0.39, 0.29) is 5.91 Å². The summed E-state index contributed by atoms with van der Waals surface area (Å²) in [4.78, 5) is 22.3. The van der Waals surface area contributed by atoms with Gasteiger partial charge in [0.05, 0.1) is 25.6 Å². The number of nitrogens with zero attached hydrogens (tertiary/aromatic N) is 3. The number of nitrogens with one attached hydrogen (secondary N) is 2. The Morgan fingerprint density at radius 3 is 2.57 bits per heavy atom. The smallest absolute Gasteiger partial charge is 0.224 e. The van der Waals surface area contributed by atoms with Gasteiger partial charge in [0.2, 0.25) is 5.91 Å². The molecule has 2 rings (SSSR count). The van der Waals surface area contributed by atoms with Crippen LogP contribution in [0.2, 0.25) is 0 Å². The molecule has 1 aromatic heterocycles. The van der Waals surface area contributed by atoms with Crippen molar-refractivity contribution in [1.82, 2.24) is 14.9 Å². The van der Waals surface area contributed by atoms with Gasteiger partial charge in [-0.25, -0.2) is 4.98 Å². The lowest BCUT2D eigenvalue weighted by Gasteiger charge is -2.26. The topological polar surface area (TPSA) is 79.4 Å². The monoisotopic (exact) mass is 293 g/mol. The van der Waals surface area contributed by atoms with Crippen molar-refractivity contribution in [3.8, 4) is 0 Å². The van der Waals surface area contributed by atoms with Gasteiger partial charge in [0.1, 0.15) is 11.6 Å². The zero-order valence-electron chi connectivity index (χ0n) is 12.5. The van der Waals surface area contributed by atoms with Gasteiger partial charge in [0.25, 0.3) is 0 Å². The standard InChI is InChI=1S/C14H23N5O2/c1-2-4-16-12-10-15-11-13(18-12)17-5-3-14(20)19-6-8-21-9-7-19/h10-11H,2-9H2,1H3,(H2,16,17,18). The van der Waals surface area contributed by atoms with Gasteiger partial charge in [-0.15, -0.1) is 0 Å². The Bertz CT molecular complexity index is 449. The molecule has 116 valence electrons. The predicted molar refractivity (Wildman–Crippen MR) is 81.3 cm³/mol. The van der Waals surface area contributed by atoms with Crippen LogP contribution in [0.5, 0.6) is 0 Å². The van der Waals surface area contributed by atoms with Crippen LogP contribution in [0, 0.1) is 0 Å². The minimum absolute atomic E-state index is 0.152. The zero-order chi connectivity index (χ0) is 14.9. The van der Waals surface area contributed by atoms with Crippen molar-refractivity contribution in [2.24, 2.45) is 0 Å². The van der Waals surface area contributed by atoms with Gasteiger partial charge in [-0.1, -0.05) is 6.92 Å². The van der Waals surface area contributed by atoms with E-state index in [1.54, 1.807) is 12.4 Å². The average Bonchev–Trinajstić information content (AvgIpc) is 2.54. The van der Waals surface area contributed by atoms with Crippen LogP contribution in [0.1, 0.15) is 19.8 Å². The highest BCUT2D eigenvalue weighted by atomic mass is 16.5. The molecule has 21 heavy (non-hydrogen) atoms. The molecule has 1 aromatic rings. The molecule has 0 bridgehead atoms. The first kappa shape index (κ1) is 15.5. The van der Waals surface area contributed by atoms with Gasteiger partial charge < -0.3 is 20.3 Å². The maximum atomic E-state index is 12.0. The van der Waals surface area contributed by atoms with E-state index in [1.807, 2.05) is 4.90 Å². The lowest BCUT2D eigenvalue weighted by molar-refractivity contribution is -0.134. The van der Waals surface area contributed by atoms with Gasteiger partial charge in [-0.05, 0) is 6.42 Å². The van der Waals surface area contributed by atoms with Crippen molar-refractivity contribution in [2.45, 2.75) is 19.8 Å². The predicted octanol–water partition coefficient (Wildman–Crippen LogP) is 0.959. The molecule has 1 amide bonds. The number of aromatic nitrogens is 2. The summed E-state index contributed by atoms with van der Waals surface area (Å²) in [6.45, 7) is 6.17. The second kappa shape index (κ2) is 8.41. The molecule has 2 N–H and O–H groups in total. The number of hydrogen-bond acceptors (Lipinski definition) is 6. The number of hydrogen-bond donors (Lipinski definition) is 2. The first-order chi connectivity index (χ1) is 10.3. The summed E-state index contributed by atoms with van der Waals surface area (Å²) in [5.41, 5.74) is 0. The molecule has 0 aliphatic carbocycles. The van der Waals surface area contributed by atoms with Crippen LogP contribution in [0.3, 0.4) is 0 Å². The summed E-state index contributed by atoms with van der Waals surface area (Å²) in [5, 5.41) is 6.32. The third-order valence-electron chi connectivity index (χ3n) is 3.20. The normalized spacial score (nSPS) is 14.8. The Balaban J connectivity index is 1.73. The summed E-state index contributed by atoms with van der Waals surface area (Å²) in [7, 11) is 0. The fourth-order valence-electron chi connectivity index (χ4n) is 2.06. The molecule has 2 heterocycles. The van der Waals surface area contributed by atoms with Gasteiger partial charge in [-0.3, -0.25) is 9.78 Å². The van der Waals surface area contributed by atoms with Crippen LogP contribution in [0.4, 0.5) is 11.6 Å². The van der Waals surface area contributed by atoms with E-state index in [9.17, 15) is 4.79 Å². The van der Waals surface area contributed by atoms with Gasteiger partial charge in [-0.2, -0.15) is 0 Å². The second-order valence-corrected chi connectivity index (χ2v) is 4.89. The molecule has 1 aliphatic rings. The molecule has 1 saturated heterocycles. The third kappa shape index (κ3) is 5.18. The SMILES string of the molecule is CCCNc1cncc(NCCC(=O)N2CCOCC2)n1. The van der Waals surface area contributed by atoms with Crippen LogP contribution < -0.4 is 10.6 Å². The van der Waals surface area contributed by atoms with Crippen molar-refractivity contribution in [1.29, 1.82) is 0 Å². The Morgan fingerprint density at radius 1 is 1.24 bits per heavy atom. The van der Waals surface area contributed by atoms with Gasteiger partial charge in [0, 0.05) is 32.6 Å². The van der Waals surface area contributed by atoms with E-state index >= 15 is 0 Å². The number of anilines is 2. The minimum Gasteiger partial charge on any atom is -0.378 e. The number of rotatable bonds is 7. The Hall–Kier alpha value is -1.89. The Morgan fingerprint density at radius 2 is 1.90 bits per heavy atom. The maximum absolute atomic E-state index is 12.0. The number of carbonyl (C=O) groups is 1. The Kier molecular flexibility index (Phi) is 6.21. The molecule has 0 saturated carbocycles. The largest absolute Gasteiger partial charge is 0.378 e. The molecular weight excluding hydrogens is 270 g/mol. The summed E-state index contributed by atoms with van der Waals surface area (Å²) in [6, 6.07) is 0. The average molecular weight is 293 g/mol. The number of amides is 1. The van der Waals surface area contributed by atoms with E-state index in [4.69, 9.17) is 4.74 Å². The van der Waals surface area contributed by atoms with Crippen LogP contribution in [0.25, 0.3) is 0 Å². The lowest BCUT2D eigenvalue weighted by atomic mass is 10.3. The molecule has 1 fully saturated rings. The number of ether oxygens (including phenoxy) is 1. The molecular formula is C14H23N5O2. The molecule has 0 radical (unpaired) electrons. The van der Waals surface area contributed by atoms with Gasteiger partial charge in [0.15, 0.2) is 0 Å². The van der Waals surface area contributed by atoms with Crippen molar-refractivity contribution >= 4 is 17.5 Å². The lowest BCUT2D eigenvalue weighted by Crippen LogP contribution is -2.41. The molecule has 0 unspecified atom stereocenters. The quantitative estimate of drug-likeness (QED) is 0.779. The van der Waals surface area contributed by atoms with E-state index in [1.165, 1.54) is 0 Å². The minimum atomic E-state index is 0.152. The molecule has 1 aliphatic heterocycles. The van der Waals surface area contributed by atoms with Crippen LogP contribution in [-0.4, -0.2) is 60.2 Å². The van der Waals surface area contributed by atoms with E-state index in [0.29, 0.717) is 45.1 Å². The highest BCUT2D eigenvalue weighted by Crippen LogP contribution is 2.07. The zero-order valence-corrected chi connectivity index (χ0v) is 12.5. The molecule has 0 aromatic carbocycles. The molecule has 7 heteroatoms. The fraction of sp³-hybridized carbons (Fsp3) is 0.643. The molecule has 0 spiro atoms. The van der Waals surface area contributed by atoms with Crippen molar-refractivity contribution in [3.05, 3.63) is 12.4 Å². The summed E-state index contributed by atoms with van der Waals surface area (Å²) in [5.74, 6) is 1.59. The summed E-state index contributed by atoms with van der Waals surface area (Å²) >= 11 is 0.